The third-order valence-corrected chi connectivity index (χ3v) is 8.71. The van der Waals surface area contributed by atoms with Gasteiger partial charge in [-0.25, -0.2) is 12.4 Å². The van der Waals surface area contributed by atoms with Gasteiger partial charge < -0.3 is 21.3 Å². The number of nitrogens with two attached hydrogens (primary N) is 1. The number of amides is 1. The molecule has 0 aliphatic carbocycles. The quantitative estimate of drug-likeness (QED) is 0.310. The molecule has 2 aliphatic heterocycles. The van der Waals surface area contributed by atoms with E-state index in [9.17, 15) is 13.2 Å². The van der Waals surface area contributed by atoms with Crippen LogP contribution in [-0.4, -0.2) is 61.3 Å². The molecule has 1 unspecified atom stereocenters. The first-order valence-electron chi connectivity index (χ1n) is 12.7. The van der Waals surface area contributed by atoms with E-state index in [2.05, 4.69) is 33.6 Å². The maximum absolute atomic E-state index is 13.4. The molecule has 10 heteroatoms. The lowest BCUT2D eigenvalue weighted by molar-refractivity contribution is -0.111. The second-order valence-corrected chi connectivity index (χ2v) is 11.5. The lowest BCUT2D eigenvalue weighted by atomic mass is 9.94. The zero-order valence-corrected chi connectivity index (χ0v) is 22.5. The van der Waals surface area contributed by atoms with Crippen LogP contribution in [0.5, 0.6) is 0 Å². The van der Waals surface area contributed by atoms with Crippen LogP contribution in [0.4, 0.5) is 11.4 Å². The van der Waals surface area contributed by atoms with Crippen molar-refractivity contribution < 1.29 is 13.2 Å². The number of allylic oxidation sites excluding steroid dienone is 2. The average molecular weight is 545 g/mol. The Labute approximate surface area is 229 Å². The Hall–Kier alpha value is -4.12. The molecular formula is C29H32N6O3S. The van der Waals surface area contributed by atoms with Crippen molar-refractivity contribution in [1.29, 1.82) is 0 Å². The third-order valence-electron chi connectivity index (χ3n) is 7.06. The van der Waals surface area contributed by atoms with Crippen molar-refractivity contribution in [2.45, 2.75) is 10.6 Å². The molecule has 0 bridgehead atoms. The van der Waals surface area contributed by atoms with Gasteiger partial charge in [-0.3, -0.25) is 9.69 Å². The maximum Gasteiger partial charge on any atom is 0.267 e. The Morgan fingerprint density at radius 1 is 1.03 bits per heavy atom. The second kappa shape index (κ2) is 10.9. The molecule has 5 rings (SSSR count). The normalized spacial score (nSPS) is 20.2. The fourth-order valence-electron chi connectivity index (χ4n) is 4.79. The van der Waals surface area contributed by atoms with Crippen molar-refractivity contribution in [3.8, 4) is 0 Å². The highest BCUT2D eigenvalue weighted by Crippen LogP contribution is 2.31. The van der Waals surface area contributed by atoms with Crippen LogP contribution in [-0.2, 0) is 20.5 Å². The molecular weight excluding hydrogens is 512 g/mol. The molecule has 0 spiro atoms. The number of dihydropyridines is 1. The molecule has 1 fully saturated rings. The van der Waals surface area contributed by atoms with E-state index in [1.807, 2.05) is 30.5 Å². The van der Waals surface area contributed by atoms with Gasteiger partial charge >= 0.3 is 0 Å². The van der Waals surface area contributed by atoms with E-state index in [-0.39, 0.29) is 10.8 Å². The fourth-order valence-corrected chi connectivity index (χ4v) is 6.00. The van der Waals surface area contributed by atoms with Crippen molar-refractivity contribution in [2.75, 3.05) is 44.3 Å². The van der Waals surface area contributed by atoms with Crippen LogP contribution < -0.4 is 16.4 Å². The summed E-state index contributed by atoms with van der Waals surface area (Å²) in [5, 5.41) is 6.21. The standard InChI is InChI=1S/C29H32N6O3S/c1-33-18-20-34(21-19-33)29(15-4-5-16-31-29)24-9-11-25(12-10-24)39(37,38)35-17-14-23(22-35)8-13-28(36)32-27-7-3-2-6-26(27)30/h2-17,22,31H,18-21,30H2,1H3,(H,32,36)/b13-8+. The summed E-state index contributed by atoms with van der Waals surface area (Å²) in [6.07, 6.45) is 13.9. The largest absolute Gasteiger partial charge is 0.397 e. The molecule has 202 valence electrons. The Kier molecular flexibility index (Phi) is 7.42. The SMILES string of the molecule is CN1CCN(C2(c3ccc(S(=O)(=O)n4ccc(/C=C/C(=O)Nc5ccccc5N)c4)cc3)C=CC=CN2)CC1. The fraction of sp³-hybridized carbons (Fsp3) is 0.207. The number of nitrogen functional groups attached to an aromatic ring is 1. The second-order valence-electron chi connectivity index (χ2n) is 9.63. The molecule has 2 aromatic carbocycles. The number of hydrogen-bond donors (Lipinski definition) is 3. The molecule has 4 N–H and O–H groups in total. The summed E-state index contributed by atoms with van der Waals surface area (Å²) in [5.74, 6) is -0.367. The molecule has 0 radical (unpaired) electrons. The monoisotopic (exact) mass is 544 g/mol. The summed E-state index contributed by atoms with van der Waals surface area (Å²) < 4.78 is 27.9. The van der Waals surface area contributed by atoms with Crippen LogP contribution in [0.15, 0.2) is 102 Å². The van der Waals surface area contributed by atoms with Gasteiger partial charge in [-0.1, -0.05) is 30.3 Å². The molecule has 1 atom stereocenters. The molecule has 0 saturated carbocycles. The number of benzene rings is 2. The minimum Gasteiger partial charge on any atom is -0.397 e. The predicted octanol–water partition coefficient (Wildman–Crippen LogP) is 3.03. The summed E-state index contributed by atoms with van der Waals surface area (Å²) in [4.78, 5) is 17.1. The number of carbonyl (C=O) groups is 1. The number of hydrogen-bond acceptors (Lipinski definition) is 7. The topological polar surface area (TPSA) is 113 Å². The number of nitrogens with one attached hydrogen (secondary N) is 2. The van der Waals surface area contributed by atoms with E-state index in [1.165, 1.54) is 18.5 Å². The summed E-state index contributed by atoms with van der Waals surface area (Å²) in [5.41, 5.74) is 7.84. The zero-order valence-electron chi connectivity index (χ0n) is 21.7. The van der Waals surface area contributed by atoms with Gasteiger partial charge in [0, 0.05) is 44.6 Å². The van der Waals surface area contributed by atoms with Crippen LogP contribution in [0, 0.1) is 0 Å². The number of para-hydroxylation sites is 2. The molecule has 39 heavy (non-hydrogen) atoms. The van der Waals surface area contributed by atoms with Crippen molar-refractivity contribution in [3.05, 3.63) is 109 Å². The van der Waals surface area contributed by atoms with E-state index in [0.717, 1.165) is 35.7 Å². The highest BCUT2D eigenvalue weighted by atomic mass is 32.2. The molecule has 3 aromatic rings. The number of piperazine rings is 1. The molecule has 2 aliphatic rings. The van der Waals surface area contributed by atoms with Crippen LogP contribution in [0.2, 0.25) is 0 Å². The van der Waals surface area contributed by atoms with Crippen molar-refractivity contribution in [2.24, 2.45) is 0 Å². The van der Waals surface area contributed by atoms with Crippen LogP contribution in [0.3, 0.4) is 0 Å². The molecule has 1 aromatic heterocycles. The minimum absolute atomic E-state index is 0.179. The van der Waals surface area contributed by atoms with Gasteiger partial charge in [-0.15, -0.1) is 0 Å². The Morgan fingerprint density at radius 2 is 1.77 bits per heavy atom. The smallest absolute Gasteiger partial charge is 0.267 e. The first kappa shape index (κ1) is 26.5. The van der Waals surface area contributed by atoms with Crippen LogP contribution >= 0.6 is 0 Å². The summed E-state index contributed by atoms with van der Waals surface area (Å²) in [7, 11) is -1.70. The van der Waals surface area contributed by atoms with Crippen molar-refractivity contribution in [1.82, 2.24) is 19.1 Å². The number of aromatic nitrogens is 1. The number of carbonyl (C=O) groups excluding carboxylic acids is 1. The predicted molar refractivity (Wildman–Crippen MR) is 154 cm³/mol. The molecule has 9 nitrogen and oxygen atoms in total. The summed E-state index contributed by atoms with van der Waals surface area (Å²) in [6, 6.07) is 15.6. The summed E-state index contributed by atoms with van der Waals surface area (Å²) >= 11 is 0. The lowest BCUT2D eigenvalue weighted by Gasteiger charge is -2.47. The molecule has 3 heterocycles. The average Bonchev–Trinajstić information content (AvgIpc) is 3.44. The Balaban J connectivity index is 1.32. The minimum atomic E-state index is -3.82. The lowest BCUT2D eigenvalue weighted by Crippen LogP contribution is -2.59. The van der Waals surface area contributed by atoms with Crippen molar-refractivity contribution >= 4 is 33.4 Å². The van der Waals surface area contributed by atoms with Gasteiger partial charge in [0.1, 0.15) is 5.66 Å². The number of nitrogens with zero attached hydrogens (tertiary/aromatic N) is 3. The number of likely N-dealkylation sites (N-methyl/N-ethyl adjacent to an activating group) is 1. The molecule has 1 saturated heterocycles. The highest BCUT2D eigenvalue weighted by Gasteiger charge is 2.37. The maximum atomic E-state index is 13.4. The van der Waals surface area contributed by atoms with E-state index < -0.39 is 15.7 Å². The van der Waals surface area contributed by atoms with E-state index >= 15 is 0 Å². The highest BCUT2D eigenvalue weighted by molar-refractivity contribution is 7.90. The van der Waals surface area contributed by atoms with Gasteiger partial charge in [0.15, 0.2) is 0 Å². The first-order valence-corrected chi connectivity index (χ1v) is 14.2. The van der Waals surface area contributed by atoms with Crippen molar-refractivity contribution in [3.63, 3.8) is 0 Å². The molecule has 1 amide bonds. The van der Waals surface area contributed by atoms with Crippen LogP contribution in [0.1, 0.15) is 11.1 Å². The van der Waals surface area contributed by atoms with E-state index in [0.29, 0.717) is 16.9 Å². The summed E-state index contributed by atoms with van der Waals surface area (Å²) in [6.45, 7) is 3.69. The van der Waals surface area contributed by atoms with Gasteiger partial charge in [0.05, 0.1) is 16.3 Å². The van der Waals surface area contributed by atoms with Crippen LogP contribution in [0.25, 0.3) is 6.08 Å². The van der Waals surface area contributed by atoms with E-state index in [4.69, 9.17) is 5.73 Å². The zero-order chi connectivity index (χ0) is 27.5. The van der Waals surface area contributed by atoms with Gasteiger partial charge in [0.25, 0.3) is 10.0 Å². The first-order chi connectivity index (χ1) is 18.8. The number of anilines is 2. The number of rotatable bonds is 7. The van der Waals surface area contributed by atoms with Gasteiger partial charge in [-0.2, -0.15) is 0 Å². The Bertz CT molecular complexity index is 1530. The Morgan fingerprint density at radius 3 is 2.46 bits per heavy atom. The van der Waals surface area contributed by atoms with E-state index in [1.54, 1.807) is 48.5 Å². The van der Waals surface area contributed by atoms with Gasteiger partial charge in [-0.05, 0) is 72.9 Å². The van der Waals surface area contributed by atoms with Gasteiger partial charge in [0.2, 0.25) is 5.91 Å². The third kappa shape index (κ3) is 5.53.